The molecular weight excluding hydrogens is 280 g/mol. The van der Waals surface area contributed by atoms with Crippen LogP contribution in [0, 0.1) is 12.3 Å². The summed E-state index contributed by atoms with van der Waals surface area (Å²) in [6.45, 7) is 5.54. The van der Waals surface area contributed by atoms with Gasteiger partial charge < -0.3 is 5.11 Å². The van der Waals surface area contributed by atoms with Crippen molar-refractivity contribution in [3.63, 3.8) is 0 Å². The van der Waals surface area contributed by atoms with Crippen LogP contribution in [0.15, 0.2) is 24.3 Å². The first kappa shape index (κ1) is 16.2. The Bertz CT molecular complexity index is 697. The van der Waals surface area contributed by atoms with Gasteiger partial charge in [-0.05, 0) is 31.9 Å². The minimum Gasteiger partial charge on any atom is -0.480 e. The first-order chi connectivity index (χ1) is 10.5. The number of aromatic nitrogens is 2. The lowest BCUT2D eigenvalue weighted by atomic mass is 9.78. The molecule has 0 radical (unpaired) electrons. The van der Waals surface area contributed by atoms with Crippen LogP contribution in [-0.4, -0.2) is 26.5 Å². The topological polar surface area (TPSA) is 72.2 Å². The fourth-order valence-electron chi connectivity index (χ4n) is 3.11. The molecule has 1 N–H and O–H groups in total. The number of carbonyl (C=O) groups excluding carboxylic acids is 1. The second-order valence-electron chi connectivity index (χ2n) is 5.68. The molecule has 0 spiro atoms. The molecule has 0 fully saturated rings. The zero-order valence-electron chi connectivity index (χ0n) is 13.3. The number of benzene rings is 1. The van der Waals surface area contributed by atoms with Crippen LogP contribution in [0.1, 0.15) is 50.1 Å². The molecule has 0 saturated carbocycles. The van der Waals surface area contributed by atoms with Crippen molar-refractivity contribution in [2.75, 3.05) is 0 Å². The van der Waals surface area contributed by atoms with E-state index in [1.54, 1.807) is 13.0 Å². The van der Waals surface area contributed by atoms with Gasteiger partial charge in [0.15, 0.2) is 0 Å². The molecule has 0 bridgehead atoms. The average Bonchev–Trinajstić information content (AvgIpc) is 2.81. The Labute approximate surface area is 130 Å². The highest BCUT2D eigenvalue weighted by molar-refractivity contribution is 6.06. The maximum absolute atomic E-state index is 13.1. The van der Waals surface area contributed by atoms with E-state index in [4.69, 9.17) is 0 Å². The van der Waals surface area contributed by atoms with E-state index in [0.717, 1.165) is 0 Å². The number of carboxylic acids is 1. The molecule has 0 saturated heterocycles. The molecule has 0 amide bonds. The standard InChI is InChI=1S/C17H22N2O3/c1-4-10-17(11-5-2,16(21)22)15(20)19-12(3)18-13-8-6-7-9-14(13)19/h6-9H,4-5,10-11H2,1-3H3,(H,21,22). The first-order valence-corrected chi connectivity index (χ1v) is 7.70. The highest BCUT2D eigenvalue weighted by atomic mass is 16.4. The van der Waals surface area contributed by atoms with Crippen molar-refractivity contribution in [1.82, 2.24) is 9.55 Å². The highest BCUT2D eigenvalue weighted by Gasteiger charge is 2.46. The first-order valence-electron chi connectivity index (χ1n) is 7.70. The summed E-state index contributed by atoms with van der Waals surface area (Å²) in [6, 6.07) is 7.31. The number of para-hydroxylation sites is 2. The van der Waals surface area contributed by atoms with Gasteiger partial charge in [-0.15, -0.1) is 0 Å². The fraction of sp³-hybridized carbons (Fsp3) is 0.471. The molecular formula is C17H22N2O3. The number of imidazole rings is 1. The minimum atomic E-state index is -1.38. The smallest absolute Gasteiger partial charge is 0.319 e. The maximum atomic E-state index is 13.1. The summed E-state index contributed by atoms with van der Waals surface area (Å²) in [6.07, 6.45) is 1.95. The van der Waals surface area contributed by atoms with Crippen LogP contribution in [0.4, 0.5) is 0 Å². The SMILES string of the molecule is CCCC(CCC)(C(=O)O)C(=O)n1c(C)nc2ccccc21. The fourth-order valence-corrected chi connectivity index (χ4v) is 3.11. The Morgan fingerprint density at radius 3 is 2.32 bits per heavy atom. The van der Waals surface area contributed by atoms with E-state index in [1.807, 2.05) is 32.0 Å². The quantitative estimate of drug-likeness (QED) is 0.827. The number of aliphatic carboxylic acids is 1. The summed E-state index contributed by atoms with van der Waals surface area (Å²) in [5.74, 6) is -0.891. The van der Waals surface area contributed by atoms with E-state index in [0.29, 0.717) is 42.5 Å². The molecule has 1 aromatic heterocycles. The number of carbonyl (C=O) groups is 2. The van der Waals surface area contributed by atoms with Crippen molar-refractivity contribution in [3.05, 3.63) is 30.1 Å². The number of hydrogen-bond acceptors (Lipinski definition) is 3. The third-order valence-corrected chi connectivity index (χ3v) is 4.10. The van der Waals surface area contributed by atoms with Crippen LogP contribution in [-0.2, 0) is 4.79 Å². The van der Waals surface area contributed by atoms with Gasteiger partial charge in [-0.2, -0.15) is 0 Å². The molecule has 5 nitrogen and oxygen atoms in total. The monoisotopic (exact) mass is 302 g/mol. The molecule has 0 aliphatic carbocycles. The molecule has 0 atom stereocenters. The predicted octanol–water partition coefficient (Wildman–Crippen LogP) is 3.66. The molecule has 1 heterocycles. The zero-order valence-corrected chi connectivity index (χ0v) is 13.3. The van der Waals surface area contributed by atoms with Crippen LogP contribution < -0.4 is 0 Å². The summed E-state index contributed by atoms with van der Waals surface area (Å²) in [5, 5.41) is 9.76. The highest BCUT2D eigenvalue weighted by Crippen LogP contribution is 2.34. The molecule has 5 heteroatoms. The van der Waals surface area contributed by atoms with Gasteiger partial charge in [0.2, 0.25) is 5.91 Å². The van der Waals surface area contributed by atoms with E-state index < -0.39 is 11.4 Å². The number of nitrogens with zero attached hydrogens (tertiary/aromatic N) is 2. The van der Waals surface area contributed by atoms with Crippen molar-refractivity contribution < 1.29 is 14.7 Å². The number of hydrogen-bond donors (Lipinski definition) is 1. The minimum absolute atomic E-state index is 0.334. The number of rotatable bonds is 6. The lowest BCUT2D eigenvalue weighted by Gasteiger charge is -2.28. The van der Waals surface area contributed by atoms with E-state index in [9.17, 15) is 14.7 Å². The second kappa shape index (κ2) is 6.30. The van der Waals surface area contributed by atoms with Gasteiger partial charge in [-0.25, -0.2) is 4.98 Å². The van der Waals surface area contributed by atoms with Crippen LogP contribution in [0.5, 0.6) is 0 Å². The van der Waals surface area contributed by atoms with Crippen LogP contribution in [0.3, 0.4) is 0 Å². The molecule has 2 rings (SSSR count). The van der Waals surface area contributed by atoms with Crippen LogP contribution in [0.2, 0.25) is 0 Å². The molecule has 2 aromatic rings. The van der Waals surface area contributed by atoms with Gasteiger partial charge in [0, 0.05) is 0 Å². The summed E-state index contributed by atoms with van der Waals surface area (Å²) in [7, 11) is 0. The Morgan fingerprint density at radius 2 is 1.77 bits per heavy atom. The summed E-state index contributed by atoms with van der Waals surface area (Å²) < 4.78 is 1.47. The molecule has 22 heavy (non-hydrogen) atoms. The molecule has 0 unspecified atom stereocenters. The van der Waals surface area contributed by atoms with E-state index in [-0.39, 0.29) is 5.91 Å². The molecule has 0 aliphatic heterocycles. The van der Waals surface area contributed by atoms with Crippen molar-refractivity contribution >= 4 is 22.9 Å². The number of carboxylic acid groups (broad SMARTS) is 1. The van der Waals surface area contributed by atoms with Crippen molar-refractivity contribution in [1.29, 1.82) is 0 Å². The lowest BCUT2D eigenvalue weighted by molar-refractivity contribution is -0.147. The zero-order chi connectivity index (χ0) is 16.3. The van der Waals surface area contributed by atoms with Crippen LogP contribution >= 0.6 is 0 Å². The number of fused-ring (bicyclic) bond motifs is 1. The maximum Gasteiger partial charge on any atom is 0.319 e. The van der Waals surface area contributed by atoms with Crippen LogP contribution in [0.25, 0.3) is 11.0 Å². The average molecular weight is 302 g/mol. The van der Waals surface area contributed by atoms with E-state index in [1.165, 1.54) is 4.57 Å². The van der Waals surface area contributed by atoms with Crippen molar-refractivity contribution in [3.8, 4) is 0 Å². The summed E-state index contributed by atoms with van der Waals surface area (Å²) >= 11 is 0. The predicted molar refractivity (Wildman–Crippen MR) is 85.0 cm³/mol. The molecule has 1 aromatic carbocycles. The van der Waals surface area contributed by atoms with E-state index >= 15 is 0 Å². The Morgan fingerprint density at radius 1 is 1.18 bits per heavy atom. The lowest BCUT2D eigenvalue weighted by Crippen LogP contribution is -2.42. The second-order valence-corrected chi connectivity index (χ2v) is 5.68. The van der Waals surface area contributed by atoms with Crippen molar-refractivity contribution in [2.45, 2.75) is 46.5 Å². The number of aryl methyl sites for hydroxylation is 1. The summed E-state index contributed by atoms with van der Waals surface area (Å²) in [5.41, 5.74) is 0.000959. The third-order valence-electron chi connectivity index (χ3n) is 4.10. The van der Waals surface area contributed by atoms with Crippen molar-refractivity contribution in [2.24, 2.45) is 5.41 Å². The largest absolute Gasteiger partial charge is 0.480 e. The Balaban J connectivity index is 2.63. The van der Waals surface area contributed by atoms with Gasteiger partial charge in [0.1, 0.15) is 11.2 Å². The van der Waals surface area contributed by atoms with Gasteiger partial charge in [0.05, 0.1) is 11.0 Å². The van der Waals surface area contributed by atoms with E-state index in [2.05, 4.69) is 4.98 Å². The third kappa shape index (κ3) is 2.51. The van der Waals surface area contributed by atoms with Gasteiger partial charge in [-0.1, -0.05) is 38.8 Å². The normalized spacial score (nSPS) is 11.8. The molecule has 0 aliphatic rings. The molecule has 118 valence electrons. The Hall–Kier alpha value is -2.17. The van der Waals surface area contributed by atoms with Gasteiger partial charge in [-0.3, -0.25) is 14.2 Å². The Kier molecular flexibility index (Phi) is 4.64. The van der Waals surface area contributed by atoms with Gasteiger partial charge in [0.25, 0.3) is 0 Å². The van der Waals surface area contributed by atoms with Gasteiger partial charge >= 0.3 is 5.97 Å². The summed E-state index contributed by atoms with van der Waals surface area (Å²) in [4.78, 5) is 29.4.